The van der Waals surface area contributed by atoms with E-state index >= 15 is 0 Å². The molecule has 1 fully saturated rings. The second kappa shape index (κ2) is 5.98. The second-order valence-corrected chi connectivity index (χ2v) is 6.68. The van der Waals surface area contributed by atoms with Crippen molar-refractivity contribution in [2.45, 2.75) is 52.7 Å². The van der Waals surface area contributed by atoms with Gasteiger partial charge in [0.15, 0.2) is 0 Å². The number of hydrogen-bond donors (Lipinski definition) is 2. The molecule has 1 atom stereocenters. The standard InChI is InChI=1S/C15H24N4O3/c1-9-10(2)16-13(18-12(9)20)19-7-6-11(8-19)17-14(21)22-15(3,4)5/h11H,6-8H2,1-5H3,(H,17,21)(H,16,18,20). The van der Waals surface area contributed by atoms with Gasteiger partial charge < -0.3 is 15.0 Å². The van der Waals surface area contributed by atoms with Crippen LogP contribution in [0, 0.1) is 13.8 Å². The Morgan fingerprint density at radius 3 is 2.68 bits per heavy atom. The molecule has 122 valence electrons. The zero-order chi connectivity index (χ0) is 16.5. The maximum atomic E-state index is 11.8. The Kier molecular flexibility index (Phi) is 4.44. The van der Waals surface area contributed by atoms with Crippen molar-refractivity contribution in [3.63, 3.8) is 0 Å². The number of aryl methyl sites for hydroxylation is 1. The first-order valence-corrected chi connectivity index (χ1v) is 7.47. The topological polar surface area (TPSA) is 87.3 Å². The molecule has 1 aromatic rings. The van der Waals surface area contributed by atoms with E-state index in [1.54, 1.807) is 6.92 Å². The zero-order valence-electron chi connectivity index (χ0n) is 13.8. The van der Waals surface area contributed by atoms with E-state index in [1.165, 1.54) is 0 Å². The summed E-state index contributed by atoms with van der Waals surface area (Å²) in [5.41, 5.74) is 0.725. The summed E-state index contributed by atoms with van der Waals surface area (Å²) in [5.74, 6) is 0.557. The lowest BCUT2D eigenvalue weighted by Crippen LogP contribution is -2.40. The van der Waals surface area contributed by atoms with Crippen molar-refractivity contribution >= 4 is 12.0 Å². The number of rotatable bonds is 2. The highest BCUT2D eigenvalue weighted by molar-refractivity contribution is 5.68. The van der Waals surface area contributed by atoms with Crippen LogP contribution < -0.4 is 15.8 Å². The first kappa shape index (κ1) is 16.3. The van der Waals surface area contributed by atoms with Crippen LogP contribution in [0.15, 0.2) is 4.79 Å². The molecule has 0 saturated carbocycles. The number of carbonyl (C=O) groups is 1. The van der Waals surface area contributed by atoms with Crippen LogP contribution in [0.4, 0.5) is 10.7 Å². The number of nitrogens with zero attached hydrogens (tertiary/aromatic N) is 2. The van der Waals surface area contributed by atoms with Crippen molar-refractivity contribution in [3.05, 3.63) is 21.6 Å². The molecule has 1 aromatic heterocycles. The number of aromatic amines is 1. The molecule has 7 nitrogen and oxygen atoms in total. The molecule has 1 aliphatic heterocycles. The largest absolute Gasteiger partial charge is 0.444 e. The summed E-state index contributed by atoms with van der Waals surface area (Å²) in [4.78, 5) is 32.8. The Morgan fingerprint density at radius 1 is 1.41 bits per heavy atom. The van der Waals surface area contributed by atoms with Crippen molar-refractivity contribution in [2.24, 2.45) is 0 Å². The van der Waals surface area contributed by atoms with Gasteiger partial charge in [0.25, 0.3) is 5.56 Å². The maximum absolute atomic E-state index is 11.8. The van der Waals surface area contributed by atoms with E-state index in [0.29, 0.717) is 18.1 Å². The fourth-order valence-electron chi connectivity index (χ4n) is 2.32. The lowest BCUT2D eigenvalue weighted by Gasteiger charge is -2.22. The number of H-pyrrole nitrogens is 1. The number of ether oxygens (including phenoxy) is 1. The van der Waals surface area contributed by atoms with E-state index in [4.69, 9.17) is 4.74 Å². The molecule has 0 spiro atoms. The Morgan fingerprint density at radius 2 is 2.09 bits per heavy atom. The van der Waals surface area contributed by atoms with Gasteiger partial charge in [-0.05, 0) is 41.0 Å². The number of aromatic nitrogens is 2. The molecule has 0 radical (unpaired) electrons. The summed E-state index contributed by atoms with van der Waals surface area (Å²) in [5, 5.41) is 2.85. The van der Waals surface area contributed by atoms with Crippen LogP contribution in [-0.2, 0) is 4.74 Å². The molecular formula is C15H24N4O3. The first-order chi connectivity index (χ1) is 10.2. The van der Waals surface area contributed by atoms with Gasteiger partial charge in [0.1, 0.15) is 5.60 Å². The smallest absolute Gasteiger partial charge is 0.407 e. The lowest BCUT2D eigenvalue weighted by molar-refractivity contribution is 0.0509. The van der Waals surface area contributed by atoms with E-state index in [2.05, 4.69) is 15.3 Å². The summed E-state index contributed by atoms with van der Waals surface area (Å²) in [7, 11) is 0. The van der Waals surface area contributed by atoms with Crippen molar-refractivity contribution in [2.75, 3.05) is 18.0 Å². The van der Waals surface area contributed by atoms with E-state index in [1.807, 2.05) is 32.6 Å². The second-order valence-electron chi connectivity index (χ2n) is 6.68. The van der Waals surface area contributed by atoms with Crippen molar-refractivity contribution < 1.29 is 9.53 Å². The third-order valence-electron chi connectivity index (χ3n) is 3.59. The van der Waals surface area contributed by atoms with Crippen LogP contribution in [0.3, 0.4) is 0 Å². The highest BCUT2D eigenvalue weighted by atomic mass is 16.6. The molecule has 2 heterocycles. The molecular weight excluding hydrogens is 284 g/mol. The maximum Gasteiger partial charge on any atom is 0.407 e. The van der Waals surface area contributed by atoms with Crippen molar-refractivity contribution in [1.29, 1.82) is 0 Å². The van der Waals surface area contributed by atoms with Crippen LogP contribution >= 0.6 is 0 Å². The highest BCUT2D eigenvalue weighted by Gasteiger charge is 2.27. The predicted molar refractivity (Wildman–Crippen MR) is 84.3 cm³/mol. The van der Waals surface area contributed by atoms with Crippen LogP contribution in [-0.4, -0.2) is 40.8 Å². The van der Waals surface area contributed by atoms with Gasteiger partial charge in [-0.1, -0.05) is 0 Å². The number of amides is 1. The molecule has 1 saturated heterocycles. The van der Waals surface area contributed by atoms with Gasteiger partial charge in [-0.25, -0.2) is 9.78 Å². The van der Waals surface area contributed by atoms with Crippen LogP contribution in [0.1, 0.15) is 38.4 Å². The SMILES string of the molecule is Cc1nc(N2CCC(NC(=O)OC(C)(C)C)C2)[nH]c(=O)c1C. The fourth-order valence-corrected chi connectivity index (χ4v) is 2.32. The molecule has 2 rings (SSSR count). The monoisotopic (exact) mass is 308 g/mol. The molecule has 0 bridgehead atoms. The summed E-state index contributed by atoms with van der Waals surface area (Å²) in [6.45, 7) is 10.4. The molecule has 1 amide bonds. The number of alkyl carbamates (subject to hydrolysis) is 1. The van der Waals surface area contributed by atoms with Crippen molar-refractivity contribution in [3.8, 4) is 0 Å². The van der Waals surface area contributed by atoms with Crippen LogP contribution in [0.25, 0.3) is 0 Å². The molecule has 22 heavy (non-hydrogen) atoms. The van der Waals surface area contributed by atoms with Gasteiger partial charge >= 0.3 is 6.09 Å². The summed E-state index contributed by atoms with van der Waals surface area (Å²) in [6.07, 6.45) is 0.372. The number of carbonyl (C=O) groups excluding carboxylic acids is 1. The van der Waals surface area contributed by atoms with Gasteiger partial charge in [-0.15, -0.1) is 0 Å². The summed E-state index contributed by atoms with van der Waals surface area (Å²) >= 11 is 0. The molecule has 0 aromatic carbocycles. The Labute approximate surface area is 130 Å². The van der Waals surface area contributed by atoms with Gasteiger partial charge in [0.2, 0.25) is 5.95 Å². The first-order valence-electron chi connectivity index (χ1n) is 7.47. The molecule has 7 heteroatoms. The highest BCUT2D eigenvalue weighted by Crippen LogP contribution is 2.16. The minimum atomic E-state index is -0.511. The van der Waals surface area contributed by atoms with Crippen LogP contribution in [0.2, 0.25) is 0 Å². The number of nitrogens with one attached hydrogen (secondary N) is 2. The normalized spacial score (nSPS) is 18.4. The zero-order valence-corrected chi connectivity index (χ0v) is 13.8. The van der Waals surface area contributed by atoms with E-state index in [9.17, 15) is 9.59 Å². The lowest BCUT2D eigenvalue weighted by atomic mass is 10.2. The molecule has 2 N–H and O–H groups in total. The summed E-state index contributed by atoms with van der Waals surface area (Å²) in [6, 6.07) is -0.0123. The van der Waals surface area contributed by atoms with E-state index in [0.717, 1.165) is 18.7 Å². The van der Waals surface area contributed by atoms with Crippen LogP contribution in [0.5, 0.6) is 0 Å². The Balaban J connectivity index is 1.98. The van der Waals surface area contributed by atoms with Gasteiger partial charge in [-0.2, -0.15) is 0 Å². The van der Waals surface area contributed by atoms with E-state index in [-0.39, 0.29) is 11.6 Å². The average Bonchev–Trinajstić information content (AvgIpc) is 2.81. The quantitative estimate of drug-likeness (QED) is 0.864. The Hall–Kier alpha value is -2.05. The Bertz CT molecular complexity index is 618. The number of anilines is 1. The van der Waals surface area contributed by atoms with Gasteiger partial charge in [-0.3, -0.25) is 9.78 Å². The predicted octanol–water partition coefficient (Wildman–Crippen LogP) is 1.49. The molecule has 1 unspecified atom stereocenters. The van der Waals surface area contributed by atoms with Crippen molar-refractivity contribution in [1.82, 2.24) is 15.3 Å². The minimum absolute atomic E-state index is 0.0123. The molecule has 1 aliphatic rings. The van der Waals surface area contributed by atoms with Gasteiger partial charge in [0.05, 0.1) is 6.04 Å². The summed E-state index contributed by atoms with van der Waals surface area (Å²) < 4.78 is 5.25. The fraction of sp³-hybridized carbons (Fsp3) is 0.667. The molecule has 0 aliphatic carbocycles. The van der Waals surface area contributed by atoms with E-state index < -0.39 is 11.7 Å². The average molecular weight is 308 g/mol. The number of hydrogen-bond acceptors (Lipinski definition) is 5. The van der Waals surface area contributed by atoms with Gasteiger partial charge in [0, 0.05) is 24.3 Å². The minimum Gasteiger partial charge on any atom is -0.444 e. The third-order valence-corrected chi connectivity index (χ3v) is 3.59. The third kappa shape index (κ3) is 3.99.